The lowest BCUT2D eigenvalue weighted by molar-refractivity contribution is -0.140. The van der Waals surface area contributed by atoms with Crippen LogP contribution in [0.2, 0.25) is 0 Å². The van der Waals surface area contributed by atoms with Crippen molar-refractivity contribution in [2.75, 3.05) is 10.2 Å². The summed E-state index contributed by atoms with van der Waals surface area (Å²) in [6.07, 6.45) is 1.78. The van der Waals surface area contributed by atoms with Gasteiger partial charge in [0.15, 0.2) is 0 Å². The minimum atomic E-state index is -2.09. The first kappa shape index (κ1) is 14.7. The fraction of sp³-hybridized carbons (Fsp3) is 0.222. The second-order valence-electron chi connectivity index (χ2n) is 6.07. The van der Waals surface area contributed by atoms with Gasteiger partial charge in [0.05, 0.1) is 5.69 Å². The Hall–Kier alpha value is -2.86. The smallest absolute Gasteiger partial charge is 0.329 e. The highest BCUT2D eigenvalue weighted by Crippen LogP contribution is 2.40. The molecule has 2 aliphatic rings. The minimum absolute atomic E-state index is 0.0660. The summed E-state index contributed by atoms with van der Waals surface area (Å²) < 4.78 is 0. The molecule has 0 aromatic heterocycles. The third-order valence-electron chi connectivity index (χ3n) is 4.31. The van der Waals surface area contributed by atoms with Crippen LogP contribution in [0.3, 0.4) is 0 Å². The van der Waals surface area contributed by atoms with E-state index in [2.05, 4.69) is 10.6 Å². The normalized spacial score (nSPS) is 22.5. The molecule has 0 spiro atoms. The molecule has 1 saturated carbocycles. The van der Waals surface area contributed by atoms with Gasteiger partial charge in [-0.15, -0.1) is 0 Å². The predicted octanol–water partition coefficient (Wildman–Crippen LogP) is 2.16. The van der Waals surface area contributed by atoms with Gasteiger partial charge in [-0.1, -0.05) is 36.4 Å². The number of anilines is 2. The number of aliphatic hydroxyl groups is 1. The molecule has 3 amide bonds. The Kier molecular flexibility index (Phi) is 3.28. The number of rotatable bonds is 3. The van der Waals surface area contributed by atoms with E-state index in [-0.39, 0.29) is 6.04 Å². The fourth-order valence-corrected chi connectivity index (χ4v) is 2.95. The van der Waals surface area contributed by atoms with E-state index in [9.17, 15) is 14.7 Å². The number of carbonyl (C=O) groups excluding carboxylic acids is 2. The predicted molar refractivity (Wildman–Crippen MR) is 89.4 cm³/mol. The zero-order chi connectivity index (χ0) is 16.7. The number of nitrogens with zero attached hydrogens (tertiary/aromatic N) is 1. The largest absolute Gasteiger partial charge is 0.359 e. The van der Waals surface area contributed by atoms with E-state index in [1.165, 1.54) is 0 Å². The molecule has 122 valence electrons. The Morgan fingerprint density at radius 2 is 1.79 bits per heavy atom. The quantitative estimate of drug-likeness (QED) is 0.809. The first-order valence-electron chi connectivity index (χ1n) is 7.90. The van der Waals surface area contributed by atoms with Crippen molar-refractivity contribution in [1.29, 1.82) is 0 Å². The maximum atomic E-state index is 12.9. The van der Waals surface area contributed by atoms with Crippen molar-refractivity contribution in [1.82, 2.24) is 5.32 Å². The molecule has 1 unspecified atom stereocenters. The van der Waals surface area contributed by atoms with E-state index >= 15 is 0 Å². The Balaban J connectivity index is 1.87. The topological polar surface area (TPSA) is 81.7 Å². The van der Waals surface area contributed by atoms with Crippen molar-refractivity contribution in [3.8, 4) is 0 Å². The van der Waals surface area contributed by atoms with Crippen LogP contribution in [0.15, 0.2) is 54.6 Å². The van der Waals surface area contributed by atoms with Gasteiger partial charge in [-0.3, -0.25) is 9.69 Å². The lowest BCUT2D eigenvalue weighted by Crippen LogP contribution is -2.62. The van der Waals surface area contributed by atoms with E-state index in [0.29, 0.717) is 16.9 Å². The number of fused-ring (bicyclic) bond motifs is 1. The number of benzene rings is 2. The molecule has 2 aromatic carbocycles. The molecule has 3 N–H and O–H groups in total. The molecule has 0 saturated heterocycles. The Bertz CT molecular complexity index is 804. The first-order chi connectivity index (χ1) is 11.6. The van der Waals surface area contributed by atoms with Crippen molar-refractivity contribution in [2.45, 2.75) is 24.6 Å². The third kappa shape index (κ3) is 2.23. The number of carbonyl (C=O) groups is 2. The van der Waals surface area contributed by atoms with Gasteiger partial charge >= 0.3 is 6.03 Å². The summed E-state index contributed by atoms with van der Waals surface area (Å²) in [5.74, 6) is -0.587. The number of para-hydroxylation sites is 2. The number of amides is 3. The first-order valence-corrected chi connectivity index (χ1v) is 7.90. The molecule has 1 atom stereocenters. The van der Waals surface area contributed by atoms with E-state index in [1.54, 1.807) is 48.5 Å². The average Bonchev–Trinajstić information content (AvgIpc) is 3.40. The average molecular weight is 323 g/mol. The molecule has 1 aliphatic heterocycles. The zero-order valence-corrected chi connectivity index (χ0v) is 12.9. The van der Waals surface area contributed by atoms with E-state index < -0.39 is 17.7 Å². The van der Waals surface area contributed by atoms with Gasteiger partial charge in [-0.2, -0.15) is 0 Å². The van der Waals surface area contributed by atoms with Gasteiger partial charge in [-0.25, -0.2) is 4.79 Å². The molecular weight excluding hydrogens is 306 g/mol. The molecule has 4 rings (SSSR count). The van der Waals surface area contributed by atoms with Crippen LogP contribution in [0.1, 0.15) is 18.4 Å². The SMILES string of the molecule is O=C1Nc2ccccc2C(O)(C(=O)NC2CC2)N1c1ccccc1. The molecule has 0 radical (unpaired) electrons. The van der Waals surface area contributed by atoms with Gasteiger partial charge in [0, 0.05) is 17.3 Å². The summed E-state index contributed by atoms with van der Waals surface area (Å²) in [6, 6.07) is 15.0. The molecule has 24 heavy (non-hydrogen) atoms. The molecule has 0 bridgehead atoms. The summed E-state index contributed by atoms with van der Waals surface area (Å²) in [5, 5.41) is 17.0. The molecule has 1 heterocycles. The maximum absolute atomic E-state index is 12.9. The summed E-state index contributed by atoms with van der Waals surface area (Å²) in [6.45, 7) is 0. The van der Waals surface area contributed by atoms with Crippen LogP contribution in [0, 0.1) is 0 Å². The van der Waals surface area contributed by atoms with Crippen molar-refractivity contribution in [3.05, 3.63) is 60.2 Å². The third-order valence-corrected chi connectivity index (χ3v) is 4.31. The van der Waals surface area contributed by atoms with Gasteiger partial charge in [-0.05, 0) is 31.0 Å². The molecule has 6 nitrogen and oxygen atoms in total. The second-order valence-corrected chi connectivity index (χ2v) is 6.07. The summed E-state index contributed by atoms with van der Waals surface area (Å²) in [4.78, 5) is 26.6. The van der Waals surface area contributed by atoms with Crippen LogP contribution in [0.4, 0.5) is 16.2 Å². The number of hydrogen-bond donors (Lipinski definition) is 3. The monoisotopic (exact) mass is 323 g/mol. The highest BCUT2D eigenvalue weighted by Gasteiger charge is 2.52. The van der Waals surface area contributed by atoms with Crippen LogP contribution in [-0.2, 0) is 10.5 Å². The molecular formula is C18H17N3O3. The Morgan fingerprint density at radius 1 is 1.12 bits per heavy atom. The summed E-state index contributed by atoms with van der Waals surface area (Å²) in [7, 11) is 0. The molecule has 6 heteroatoms. The van der Waals surface area contributed by atoms with E-state index in [1.807, 2.05) is 6.07 Å². The summed E-state index contributed by atoms with van der Waals surface area (Å²) in [5.41, 5.74) is -0.865. The van der Waals surface area contributed by atoms with Gasteiger partial charge in [0.2, 0.25) is 0 Å². The van der Waals surface area contributed by atoms with Crippen molar-refractivity contribution in [3.63, 3.8) is 0 Å². The van der Waals surface area contributed by atoms with Gasteiger partial charge < -0.3 is 15.7 Å². The highest BCUT2D eigenvalue weighted by molar-refractivity contribution is 6.11. The second kappa shape index (κ2) is 5.35. The number of urea groups is 1. The lowest BCUT2D eigenvalue weighted by Gasteiger charge is -2.42. The van der Waals surface area contributed by atoms with Gasteiger partial charge in [0.1, 0.15) is 0 Å². The number of hydrogen-bond acceptors (Lipinski definition) is 3. The Morgan fingerprint density at radius 3 is 2.50 bits per heavy atom. The van der Waals surface area contributed by atoms with Crippen LogP contribution in [0.25, 0.3) is 0 Å². The van der Waals surface area contributed by atoms with E-state index in [4.69, 9.17) is 0 Å². The van der Waals surface area contributed by atoms with Crippen molar-refractivity contribution in [2.24, 2.45) is 0 Å². The van der Waals surface area contributed by atoms with Gasteiger partial charge in [0.25, 0.3) is 11.6 Å². The van der Waals surface area contributed by atoms with Crippen LogP contribution < -0.4 is 15.5 Å². The van der Waals surface area contributed by atoms with Crippen molar-refractivity contribution < 1.29 is 14.7 Å². The fourth-order valence-electron chi connectivity index (χ4n) is 2.95. The molecule has 2 aromatic rings. The maximum Gasteiger partial charge on any atom is 0.329 e. The lowest BCUT2D eigenvalue weighted by atomic mass is 9.95. The Labute approximate surface area is 139 Å². The van der Waals surface area contributed by atoms with Crippen LogP contribution in [0.5, 0.6) is 0 Å². The minimum Gasteiger partial charge on any atom is -0.359 e. The summed E-state index contributed by atoms with van der Waals surface area (Å²) >= 11 is 0. The van der Waals surface area contributed by atoms with Crippen molar-refractivity contribution >= 4 is 23.3 Å². The zero-order valence-electron chi connectivity index (χ0n) is 12.9. The number of nitrogens with one attached hydrogen (secondary N) is 2. The van der Waals surface area contributed by atoms with E-state index in [0.717, 1.165) is 17.7 Å². The molecule has 1 fully saturated rings. The van der Waals surface area contributed by atoms with Crippen LogP contribution >= 0.6 is 0 Å². The van der Waals surface area contributed by atoms with Crippen LogP contribution in [-0.4, -0.2) is 23.1 Å². The molecule has 1 aliphatic carbocycles. The highest BCUT2D eigenvalue weighted by atomic mass is 16.3. The standard InChI is InChI=1S/C18H17N3O3/c22-16(19-12-10-11-12)18(24)14-8-4-5-9-15(14)20-17(23)21(18)13-6-2-1-3-7-13/h1-9,12,24H,10-11H2,(H,19,22)(H,20,23).